The molecule has 1 heterocycles. The second-order valence-electron chi connectivity index (χ2n) is 4.17. The van der Waals surface area contributed by atoms with Crippen LogP contribution in [0.4, 0.5) is 0 Å². The van der Waals surface area contributed by atoms with Crippen molar-refractivity contribution in [2.24, 2.45) is 0 Å². The van der Waals surface area contributed by atoms with E-state index in [1.807, 2.05) is 6.07 Å². The van der Waals surface area contributed by atoms with E-state index in [0.29, 0.717) is 0 Å². The molecule has 2 aromatic rings. The lowest BCUT2D eigenvalue weighted by Crippen LogP contribution is -2.15. The second kappa shape index (κ2) is 4.06. The van der Waals surface area contributed by atoms with Crippen molar-refractivity contribution in [3.8, 4) is 5.69 Å². The lowest BCUT2D eigenvalue weighted by molar-refractivity contribution is 0.687. The van der Waals surface area contributed by atoms with Crippen molar-refractivity contribution in [3.63, 3.8) is 0 Å². The topological polar surface area (TPSA) is 42.7 Å². The van der Waals surface area contributed by atoms with E-state index in [9.17, 15) is 0 Å². The molecular formula is C12H14N4. The van der Waals surface area contributed by atoms with Crippen LogP contribution in [0.15, 0.2) is 36.9 Å². The van der Waals surface area contributed by atoms with Gasteiger partial charge in [-0.3, -0.25) is 0 Å². The highest BCUT2D eigenvalue weighted by atomic mass is 15.3. The summed E-state index contributed by atoms with van der Waals surface area (Å²) in [5.41, 5.74) is 2.35. The molecular weight excluding hydrogens is 200 g/mol. The number of hydrogen-bond donors (Lipinski definition) is 1. The van der Waals surface area contributed by atoms with Gasteiger partial charge in [-0.2, -0.15) is 5.10 Å². The van der Waals surface area contributed by atoms with Gasteiger partial charge in [0.25, 0.3) is 0 Å². The Bertz CT molecular complexity index is 460. The lowest BCUT2D eigenvalue weighted by Gasteiger charge is -2.05. The molecule has 1 aromatic heterocycles. The molecule has 0 saturated heterocycles. The van der Waals surface area contributed by atoms with Gasteiger partial charge in [0, 0.05) is 12.6 Å². The Kier molecular flexibility index (Phi) is 2.42. The maximum atomic E-state index is 4.12. The molecule has 16 heavy (non-hydrogen) atoms. The van der Waals surface area contributed by atoms with Gasteiger partial charge in [-0.25, -0.2) is 9.67 Å². The maximum absolute atomic E-state index is 4.12. The Morgan fingerprint density at radius 3 is 3.06 bits per heavy atom. The predicted molar refractivity (Wildman–Crippen MR) is 61.2 cm³/mol. The highest BCUT2D eigenvalue weighted by molar-refractivity contribution is 5.34. The van der Waals surface area contributed by atoms with Crippen LogP contribution in [0.1, 0.15) is 18.4 Å². The fourth-order valence-electron chi connectivity index (χ4n) is 1.70. The lowest BCUT2D eigenvalue weighted by atomic mass is 10.2. The summed E-state index contributed by atoms with van der Waals surface area (Å²) in [7, 11) is 0. The smallest absolute Gasteiger partial charge is 0.138 e. The normalized spacial score (nSPS) is 15.2. The molecule has 0 aliphatic heterocycles. The molecule has 1 aliphatic rings. The molecule has 3 rings (SSSR count). The molecule has 82 valence electrons. The third-order valence-corrected chi connectivity index (χ3v) is 2.77. The second-order valence-corrected chi connectivity index (χ2v) is 4.17. The Morgan fingerprint density at radius 1 is 1.38 bits per heavy atom. The minimum absolute atomic E-state index is 0.745. The van der Waals surface area contributed by atoms with E-state index in [2.05, 4.69) is 33.6 Å². The van der Waals surface area contributed by atoms with Crippen LogP contribution in [0.3, 0.4) is 0 Å². The first kappa shape index (κ1) is 9.54. The number of rotatable bonds is 4. The van der Waals surface area contributed by atoms with E-state index in [4.69, 9.17) is 0 Å². The van der Waals surface area contributed by atoms with Gasteiger partial charge in [0.2, 0.25) is 0 Å². The third-order valence-electron chi connectivity index (χ3n) is 2.77. The molecule has 0 bridgehead atoms. The number of hydrogen-bond acceptors (Lipinski definition) is 3. The van der Waals surface area contributed by atoms with E-state index >= 15 is 0 Å². The van der Waals surface area contributed by atoms with E-state index < -0.39 is 0 Å². The molecule has 0 amide bonds. The van der Waals surface area contributed by atoms with Crippen LogP contribution in [-0.2, 0) is 6.54 Å². The summed E-state index contributed by atoms with van der Waals surface area (Å²) >= 11 is 0. The summed E-state index contributed by atoms with van der Waals surface area (Å²) < 4.78 is 1.78. The fourth-order valence-corrected chi connectivity index (χ4v) is 1.70. The molecule has 1 fully saturated rings. The van der Waals surface area contributed by atoms with Gasteiger partial charge < -0.3 is 5.32 Å². The van der Waals surface area contributed by atoms with Crippen LogP contribution in [0, 0.1) is 0 Å². The zero-order valence-electron chi connectivity index (χ0n) is 9.00. The monoisotopic (exact) mass is 214 g/mol. The molecule has 1 aliphatic carbocycles. The minimum Gasteiger partial charge on any atom is -0.310 e. The quantitative estimate of drug-likeness (QED) is 0.839. The van der Waals surface area contributed by atoms with Crippen molar-refractivity contribution in [1.29, 1.82) is 0 Å². The number of benzene rings is 1. The van der Waals surface area contributed by atoms with Gasteiger partial charge in [-0.1, -0.05) is 12.1 Å². The molecule has 0 unspecified atom stereocenters. The average molecular weight is 214 g/mol. The Hall–Kier alpha value is -1.68. The zero-order valence-corrected chi connectivity index (χ0v) is 9.00. The number of aromatic nitrogens is 3. The summed E-state index contributed by atoms with van der Waals surface area (Å²) in [6.07, 6.45) is 5.91. The molecule has 0 spiro atoms. The first-order chi connectivity index (χ1) is 7.92. The largest absolute Gasteiger partial charge is 0.310 e. The SMILES string of the molecule is c1cc(CNC2CC2)cc(-n2cncn2)c1. The molecule has 1 saturated carbocycles. The van der Waals surface area contributed by atoms with Crippen LogP contribution in [-0.4, -0.2) is 20.8 Å². The maximum Gasteiger partial charge on any atom is 0.138 e. The van der Waals surface area contributed by atoms with E-state index in [1.165, 1.54) is 18.4 Å². The van der Waals surface area contributed by atoms with Gasteiger partial charge in [0.05, 0.1) is 5.69 Å². The van der Waals surface area contributed by atoms with Crippen molar-refractivity contribution < 1.29 is 0 Å². The first-order valence-corrected chi connectivity index (χ1v) is 5.59. The highest BCUT2D eigenvalue weighted by Gasteiger charge is 2.19. The fraction of sp³-hybridized carbons (Fsp3) is 0.333. The van der Waals surface area contributed by atoms with Crippen LogP contribution < -0.4 is 5.32 Å². The van der Waals surface area contributed by atoms with Crippen molar-refractivity contribution in [1.82, 2.24) is 20.1 Å². The van der Waals surface area contributed by atoms with Crippen molar-refractivity contribution >= 4 is 0 Å². The zero-order chi connectivity index (χ0) is 10.8. The van der Waals surface area contributed by atoms with Crippen molar-refractivity contribution in [2.45, 2.75) is 25.4 Å². The summed E-state index contributed by atoms with van der Waals surface area (Å²) in [6.45, 7) is 0.938. The predicted octanol–water partition coefficient (Wildman–Crippen LogP) is 1.52. The van der Waals surface area contributed by atoms with Gasteiger partial charge in [-0.05, 0) is 30.5 Å². The summed E-state index contributed by atoms with van der Waals surface area (Å²) in [5.74, 6) is 0. The third kappa shape index (κ3) is 2.12. The standard InChI is InChI=1S/C12H14N4/c1-2-10(7-14-11-4-5-11)6-12(3-1)16-9-13-8-15-16/h1-3,6,8-9,11,14H,4-5,7H2. The van der Waals surface area contributed by atoms with Gasteiger partial charge >= 0.3 is 0 Å². The van der Waals surface area contributed by atoms with E-state index in [0.717, 1.165) is 18.3 Å². The Balaban J connectivity index is 1.76. The molecule has 0 radical (unpaired) electrons. The highest BCUT2D eigenvalue weighted by Crippen LogP contribution is 2.19. The summed E-state index contributed by atoms with van der Waals surface area (Å²) in [5, 5.41) is 7.62. The van der Waals surface area contributed by atoms with E-state index in [1.54, 1.807) is 17.3 Å². The number of nitrogens with zero attached hydrogens (tertiary/aromatic N) is 3. The average Bonchev–Trinajstić information content (AvgIpc) is 2.99. The van der Waals surface area contributed by atoms with Crippen molar-refractivity contribution in [2.75, 3.05) is 0 Å². The minimum atomic E-state index is 0.745. The first-order valence-electron chi connectivity index (χ1n) is 5.59. The molecule has 1 aromatic carbocycles. The summed E-state index contributed by atoms with van der Waals surface area (Å²) in [6, 6.07) is 9.12. The van der Waals surface area contributed by atoms with Crippen LogP contribution in [0.2, 0.25) is 0 Å². The molecule has 0 atom stereocenters. The Labute approximate surface area is 94.3 Å². The van der Waals surface area contributed by atoms with E-state index in [-0.39, 0.29) is 0 Å². The van der Waals surface area contributed by atoms with Gasteiger partial charge in [-0.15, -0.1) is 0 Å². The van der Waals surface area contributed by atoms with Crippen LogP contribution >= 0.6 is 0 Å². The molecule has 1 N–H and O–H groups in total. The van der Waals surface area contributed by atoms with Gasteiger partial charge in [0.15, 0.2) is 0 Å². The van der Waals surface area contributed by atoms with Crippen molar-refractivity contribution in [3.05, 3.63) is 42.5 Å². The van der Waals surface area contributed by atoms with Gasteiger partial charge in [0.1, 0.15) is 12.7 Å². The molecule has 4 nitrogen and oxygen atoms in total. The van der Waals surface area contributed by atoms with Crippen LogP contribution in [0.25, 0.3) is 5.69 Å². The summed E-state index contributed by atoms with van der Waals surface area (Å²) in [4.78, 5) is 3.95. The number of nitrogens with one attached hydrogen (secondary N) is 1. The Morgan fingerprint density at radius 2 is 2.31 bits per heavy atom. The molecule has 4 heteroatoms. The van der Waals surface area contributed by atoms with Crippen LogP contribution in [0.5, 0.6) is 0 Å².